The van der Waals surface area contributed by atoms with Gasteiger partial charge in [0, 0.05) is 36.6 Å². The molecule has 6 nitrogen and oxygen atoms in total. The van der Waals surface area contributed by atoms with Crippen molar-refractivity contribution in [3.8, 4) is 0 Å². The second-order valence-electron chi connectivity index (χ2n) is 6.23. The molecular weight excluding hydrogens is 300 g/mol. The minimum atomic E-state index is 0.0430. The van der Waals surface area contributed by atoms with E-state index in [9.17, 15) is 4.79 Å². The SMILES string of the molecule is Cc1noc(CCNC(=O)N2CCSC3(CCCCC3)C2)n1. The van der Waals surface area contributed by atoms with Gasteiger partial charge in [-0.1, -0.05) is 24.4 Å². The van der Waals surface area contributed by atoms with Gasteiger partial charge in [-0.3, -0.25) is 0 Å². The molecule has 1 spiro atoms. The molecule has 1 saturated heterocycles. The monoisotopic (exact) mass is 324 g/mol. The molecule has 0 aromatic carbocycles. The fourth-order valence-corrected chi connectivity index (χ4v) is 4.92. The molecule has 2 fully saturated rings. The summed E-state index contributed by atoms with van der Waals surface area (Å²) in [5.74, 6) is 2.26. The molecule has 3 rings (SSSR count). The average Bonchev–Trinajstić information content (AvgIpc) is 2.93. The highest BCUT2D eigenvalue weighted by Gasteiger charge is 2.38. The van der Waals surface area contributed by atoms with E-state index in [1.807, 2.05) is 4.90 Å². The third-order valence-electron chi connectivity index (χ3n) is 4.49. The summed E-state index contributed by atoms with van der Waals surface area (Å²) in [7, 11) is 0. The third-order valence-corrected chi connectivity index (χ3v) is 6.02. The van der Waals surface area contributed by atoms with Crippen LogP contribution in [0.1, 0.15) is 43.8 Å². The summed E-state index contributed by atoms with van der Waals surface area (Å²) in [6, 6.07) is 0.0430. The van der Waals surface area contributed by atoms with Crippen molar-refractivity contribution < 1.29 is 9.32 Å². The lowest BCUT2D eigenvalue weighted by Crippen LogP contribution is -2.53. The first-order valence-electron chi connectivity index (χ1n) is 8.13. The van der Waals surface area contributed by atoms with Crippen LogP contribution >= 0.6 is 11.8 Å². The first kappa shape index (κ1) is 15.6. The van der Waals surface area contributed by atoms with Crippen molar-refractivity contribution in [3.05, 3.63) is 11.7 Å². The molecule has 7 heteroatoms. The molecule has 2 heterocycles. The number of aromatic nitrogens is 2. The van der Waals surface area contributed by atoms with E-state index in [0.717, 1.165) is 18.8 Å². The molecule has 0 radical (unpaired) electrons. The van der Waals surface area contributed by atoms with Crippen LogP contribution in [0.2, 0.25) is 0 Å². The minimum absolute atomic E-state index is 0.0430. The number of carbonyl (C=O) groups excluding carboxylic acids is 1. The molecule has 1 aliphatic carbocycles. The number of rotatable bonds is 3. The van der Waals surface area contributed by atoms with Crippen LogP contribution in [-0.4, -0.2) is 51.2 Å². The molecule has 22 heavy (non-hydrogen) atoms. The molecule has 1 N–H and O–H groups in total. The van der Waals surface area contributed by atoms with Crippen molar-refractivity contribution in [2.45, 2.75) is 50.2 Å². The summed E-state index contributed by atoms with van der Waals surface area (Å²) >= 11 is 2.08. The maximum absolute atomic E-state index is 12.4. The van der Waals surface area contributed by atoms with Crippen LogP contribution < -0.4 is 5.32 Å². The van der Waals surface area contributed by atoms with Crippen LogP contribution in [-0.2, 0) is 6.42 Å². The van der Waals surface area contributed by atoms with E-state index in [2.05, 4.69) is 27.2 Å². The van der Waals surface area contributed by atoms with E-state index in [1.54, 1.807) is 6.92 Å². The molecule has 0 unspecified atom stereocenters. The maximum Gasteiger partial charge on any atom is 0.317 e. The zero-order chi connectivity index (χ0) is 15.4. The van der Waals surface area contributed by atoms with Gasteiger partial charge in [-0.25, -0.2) is 4.79 Å². The minimum Gasteiger partial charge on any atom is -0.339 e. The Kier molecular flexibility index (Phi) is 4.90. The predicted octanol–water partition coefficient (Wildman–Crippen LogP) is 2.38. The Balaban J connectivity index is 1.47. The van der Waals surface area contributed by atoms with Gasteiger partial charge in [-0.05, 0) is 19.8 Å². The highest BCUT2D eigenvalue weighted by atomic mass is 32.2. The van der Waals surface area contributed by atoms with Gasteiger partial charge in [-0.2, -0.15) is 16.7 Å². The Bertz CT molecular complexity index is 508. The molecule has 0 atom stereocenters. The van der Waals surface area contributed by atoms with Gasteiger partial charge in [0.05, 0.1) is 0 Å². The van der Waals surface area contributed by atoms with Crippen LogP contribution in [0.4, 0.5) is 4.79 Å². The Hall–Kier alpha value is -1.24. The molecule has 122 valence electrons. The van der Waals surface area contributed by atoms with Crippen LogP contribution in [0.15, 0.2) is 4.52 Å². The van der Waals surface area contributed by atoms with E-state index < -0.39 is 0 Å². The predicted molar refractivity (Wildman–Crippen MR) is 86.0 cm³/mol. The standard InChI is InChI=1S/C15H24N4O2S/c1-12-17-13(21-18-12)5-8-16-14(20)19-9-10-22-15(11-19)6-3-2-4-7-15/h2-11H2,1H3,(H,16,20). The number of nitrogens with one attached hydrogen (secondary N) is 1. The highest BCUT2D eigenvalue weighted by molar-refractivity contribution is 8.00. The van der Waals surface area contributed by atoms with Gasteiger partial charge in [0.1, 0.15) is 0 Å². The van der Waals surface area contributed by atoms with E-state index in [4.69, 9.17) is 4.52 Å². The number of thioether (sulfide) groups is 1. The summed E-state index contributed by atoms with van der Waals surface area (Å²) in [4.78, 5) is 18.5. The lowest BCUT2D eigenvalue weighted by molar-refractivity contribution is 0.185. The Morgan fingerprint density at radius 1 is 1.41 bits per heavy atom. The Morgan fingerprint density at radius 2 is 2.23 bits per heavy atom. The van der Waals surface area contributed by atoms with E-state index in [0.29, 0.717) is 29.4 Å². The Labute approximate surface area is 135 Å². The van der Waals surface area contributed by atoms with Crippen molar-refractivity contribution in [3.63, 3.8) is 0 Å². The summed E-state index contributed by atoms with van der Waals surface area (Å²) < 4.78 is 5.37. The second kappa shape index (κ2) is 6.89. The average molecular weight is 324 g/mol. The van der Waals surface area contributed by atoms with Crippen molar-refractivity contribution in [1.29, 1.82) is 0 Å². The smallest absolute Gasteiger partial charge is 0.317 e. The van der Waals surface area contributed by atoms with Gasteiger partial charge in [0.2, 0.25) is 5.89 Å². The number of hydrogen-bond donors (Lipinski definition) is 1. The van der Waals surface area contributed by atoms with E-state index in [1.165, 1.54) is 32.1 Å². The summed E-state index contributed by atoms with van der Waals surface area (Å²) in [5.41, 5.74) is 0. The van der Waals surface area contributed by atoms with Crippen molar-refractivity contribution in [2.24, 2.45) is 0 Å². The first-order chi connectivity index (χ1) is 10.7. The number of amides is 2. The van der Waals surface area contributed by atoms with Gasteiger partial charge in [0.25, 0.3) is 0 Å². The Morgan fingerprint density at radius 3 is 2.95 bits per heavy atom. The number of nitrogens with zero attached hydrogens (tertiary/aromatic N) is 3. The topological polar surface area (TPSA) is 71.3 Å². The van der Waals surface area contributed by atoms with Crippen LogP contribution in [0.5, 0.6) is 0 Å². The highest BCUT2D eigenvalue weighted by Crippen LogP contribution is 2.42. The number of carbonyl (C=O) groups is 1. The van der Waals surface area contributed by atoms with Gasteiger partial charge >= 0.3 is 6.03 Å². The molecule has 1 aliphatic heterocycles. The molecule has 1 aromatic heterocycles. The van der Waals surface area contributed by atoms with Crippen molar-refractivity contribution >= 4 is 17.8 Å². The molecular formula is C15H24N4O2S. The summed E-state index contributed by atoms with van der Waals surface area (Å²) in [6.07, 6.45) is 7.04. The quantitative estimate of drug-likeness (QED) is 0.924. The van der Waals surface area contributed by atoms with E-state index >= 15 is 0 Å². The molecule has 2 aliphatic rings. The zero-order valence-corrected chi connectivity index (χ0v) is 14.0. The van der Waals surface area contributed by atoms with E-state index in [-0.39, 0.29) is 6.03 Å². The van der Waals surface area contributed by atoms with Crippen LogP contribution in [0.3, 0.4) is 0 Å². The lowest BCUT2D eigenvalue weighted by atomic mass is 9.87. The molecule has 0 bridgehead atoms. The second-order valence-corrected chi connectivity index (χ2v) is 7.79. The summed E-state index contributed by atoms with van der Waals surface area (Å²) in [6.45, 7) is 4.07. The van der Waals surface area contributed by atoms with Crippen LogP contribution in [0, 0.1) is 6.92 Å². The van der Waals surface area contributed by atoms with Crippen molar-refractivity contribution in [2.75, 3.05) is 25.4 Å². The number of urea groups is 1. The lowest BCUT2D eigenvalue weighted by Gasteiger charge is -2.44. The number of aryl methyl sites for hydroxylation is 1. The largest absolute Gasteiger partial charge is 0.339 e. The van der Waals surface area contributed by atoms with Gasteiger partial charge in [-0.15, -0.1) is 0 Å². The molecule has 1 aromatic rings. The van der Waals surface area contributed by atoms with Crippen LogP contribution in [0.25, 0.3) is 0 Å². The fraction of sp³-hybridized carbons (Fsp3) is 0.800. The molecule has 2 amide bonds. The third kappa shape index (κ3) is 3.74. The van der Waals surface area contributed by atoms with Gasteiger partial charge < -0.3 is 14.7 Å². The zero-order valence-electron chi connectivity index (χ0n) is 13.1. The van der Waals surface area contributed by atoms with Crippen molar-refractivity contribution in [1.82, 2.24) is 20.4 Å². The van der Waals surface area contributed by atoms with Gasteiger partial charge in [0.15, 0.2) is 5.82 Å². The fourth-order valence-electron chi connectivity index (χ4n) is 3.35. The molecule has 1 saturated carbocycles. The first-order valence-corrected chi connectivity index (χ1v) is 9.11. The normalized spacial score (nSPS) is 21.0. The number of hydrogen-bond acceptors (Lipinski definition) is 5. The maximum atomic E-state index is 12.4. The summed E-state index contributed by atoms with van der Waals surface area (Å²) in [5, 5.41) is 6.73.